The van der Waals surface area contributed by atoms with Gasteiger partial charge in [0.2, 0.25) is 0 Å². The number of hydrogen-bond acceptors (Lipinski definition) is 1. The van der Waals surface area contributed by atoms with E-state index >= 15 is 0 Å². The molecular weight excluding hydrogens is 464 g/mol. The van der Waals surface area contributed by atoms with Crippen LogP contribution in [0.1, 0.15) is 35.3 Å². The zero-order chi connectivity index (χ0) is 15.4. The van der Waals surface area contributed by atoms with Crippen LogP contribution in [0.15, 0.2) is 46.9 Å². The van der Waals surface area contributed by atoms with E-state index in [4.69, 9.17) is 11.6 Å². The molecule has 0 aromatic heterocycles. The molecule has 1 atom stereocenters. The smallest absolute Gasteiger partial charge is 0.252 e. The van der Waals surface area contributed by atoms with E-state index < -0.39 is 0 Å². The van der Waals surface area contributed by atoms with Gasteiger partial charge in [-0.2, -0.15) is 0 Å². The lowest BCUT2D eigenvalue weighted by Gasteiger charge is -2.18. The normalized spacial score (nSPS) is 12.0. The first kappa shape index (κ1) is 16.8. The second-order valence-corrected chi connectivity index (χ2v) is 7.12. The van der Waals surface area contributed by atoms with E-state index in [-0.39, 0.29) is 11.9 Å². The van der Waals surface area contributed by atoms with Gasteiger partial charge in [-0.15, -0.1) is 0 Å². The maximum Gasteiger partial charge on any atom is 0.252 e. The zero-order valence-corrected chi connectivity index (χ0v) is 15.9. The Balaban J connectivity index is 2.20. The number of rotatable bonds is 4. The van der Waals surface area contributed by atoms with Crippen molar-refractivity contribution < 1.29 is 4.79 Å². The standard InChI is InChI=1S/C16H14BrClINO/c1-2-15(10-3-5-11(17)6-4-10)20-16(21)13-9-12(18)7-8-14(13)19/h3-9,15H,2H2,1H3,(H,20,21). The Labute approximate surface area is 151 Å². The summed E-state index contributed by atoms with van der Waals surface area (Å²) in [7, 11) is 0. The van der Waals surface area contributed by atoms with Crippen molar-refractivity contribution >= 4 is 56.0 Å². The summed E-state index contributed by atoms with van der Waals surface area (Å²) in [4.78, 5) is 12.4. The van der Waals surface area contributed by atoms with Crippen molar-refractivity contribution in [1.29, 1.82) is 0 Å². The molecule has 0 aliphatic rings. The molecule has 0 heterocycles. The molecule has 0 spiro atoms. The minimum atomic E-state index is -0.100. The van der Waals surface area contributed by atoms with Gasteiger partial charge in [0.25, 0.3) is 5.91 Å². The molecule has 0 saturated heterocycles. The molecule has 0 saturated carbocycles. The lowest BCUT2D eigenvalue weighted by atomic mass is 10.0. The maximum atomic E-state index is 12.4. The number of carbonyl (C=O) groups excluding carboxylic acids is 1. The quantitative estimate of drug-likeness (QED) is 0.571. The highest BCUT2D eigenvalue weighted by atomic mass is 127. The fourth-order valence-electron chi connectivity index (χ4n) is 2.02. The average Bonchev–Trinajstić information content (AvgIpc) is 2.48. The average molecular weight is 479 g/mol. The van der Waals surface area contributed by atoms with Gasteiger partial charge in [-0.3, -0.25) is 4.79 Å². The van der Waals surface area contributed by atoms with Crippen LogP contribution in [-0.4, -0.2) is 5.91 Å². The van der Waals surface area contributed by atoms with Gasteiger partial charge in [0.15, 0.2) is 0 Å². The highest BCUT2D eigenvalue weighted by Gasteiger charge is 2.16. The maximum absolute atomic E-state index is 12.4. The van der Waals surface area contributed by atoms with E-state index in [0.717, 1.165) is 20.0 Å². The van der Waals surface area contributed by atoms with Crippen LogP contribution >= 0.6 is 50.1 Å². The lowest BCUT2D eigenvalue weighted by molar-refractivity contribution is 0.0934. The van der Waals surface area contributed by atoms with Crippen molar-refractivity contribution in [2.45, 2.75) is 19.4 Å². The van der Waals surface area contributed by atoms with E-state index in [1.54, 1.807) is 12.1 Å². The first-order chi connectivity index (χ1) is 10.0. The van der Waals surface area contributed by atoms with Crippen LogP contribution in [0, 0.1) is 3.57 Å². The summed E-state index contributed by atoms with van der Waals surface area (Å²) in [5.41, 5.74) is 1.70. The lowest BCUT2D eigenvalue weighted by Crippen LogP contribution is -2.28. The monoisotopic (exact) mass is 477 g/mol. The summed E-state index contributed by atoms with van der Waals surface area (Å²) < 4.78 is 1.91. The molecule has 21 heavy (non-hydrogen) atoms. The third-order valence-electron chi connectivity index (χ3n) is 3.16. The van der Waals surface area contributed by atoms with Crippen LogP contribution in [0.5, 0.6) is 0 Å². The molecule has 110 valence electrons. The van der Waals surface area contributed by atoms with Crippen LogP contribution in [0.4, 0.5) is 0 Å². The Bertz CT molecular complexity index is 645. The van der Waals surface area contributed by atoms with Gasteiger partial charge in [-0.25, -0.2) is 0 Å². The minimum Gasteiger partial charge on any atom is -0.345 e. The highest BCUT2D eigenvalue weighted by Crippen LogP contribution is 2.22. The van der Waals surface area contributed by atoms with Gasteiger partial charge in [0.05, 0.1) is 11.6 Å². The van der Waals surface area contributed by atoms with E-state index in [1.807, 2.05) is 30.3 Å². The van der Waals surface area contributed by atoms with Crippen molar-refractivity contribution in [1.82, 2.24) is 5.32 Å². The topological polar surface area (TPSA) is 29.1 Å². The van der Waals surface area contributed by atoms with Crippen molar-refractivity contribution in [2.75, 3.05) is 0 Å². The van der Waals surface area contributed by atoms with Gasteiger partial charge in [-0.1, -0.05) is 46.6 Å². The summed E-state index contributed by atoms with van der Waals surface area (Å²) in [5, 5.41) is 3.64. The molecule has 0 aliphatic carbocycles. The van der Waals surface area contributed by atoms with E-state index in [1.165, 1.54) is 0 Å². The zero-order valence-electron chi connectivity index (χ0n) is 11.4. The summed E-state index contributed by atoms with van der Waals surface area (Å²) in [6, 6.07) is 13.3. The number of benzene rings is 2. The predicted molar refractivity (Wildman–Crippen MR) is 98.8 cm³/mol. The largest absolute Gasteiger partial charge is 0.345 e. The molecule has 5 heteroatoms. The van der Waals surface area contributed by atoms with Crippen LogP contribution in [0.3, 0.4) is 0 Å². The molecule has 2 rings (SSSR count). The number of carbonyl (C=O) groups is 1. The first-order valence-corrected chi connectivity index (χ1v) is 8.77. The molecule has 1 unspecified atom stereocenters. The Kier molecular flexibility index (Phi) is 6.08. The minimum absolute atomic E-state index is 0.0135. The fraction of sp³-hybridized carbons (Fsp3) is 0.188. The molecule has 2 nitrogen and oxygen atoms in total. The molecule has 0 bridgehead atoms. The van der Waals surface area contributed by atoms with Crippen LogP contribution in [-0.2, 0) is 0 Å². The van der Waals surface area contributed by atoms with Crippen LogP contribution in [0.25, 0.3) is 0 Å². The Morgan fingerprint density at radius 3 is 2.57 bits per heavy atom. The van der Waals surface area contributed by atoms with Crippen molar-refractivity contribution in [2.24, 2.45) is 0 Å². The molecule has 1 N–H and O–H groups in total. The number of hydrogen-bond donors (Lipinski definition) is 1. The van der Waals surface area contributed by atoms with Gasteiger partial charge in [0, 0.05) is 13.1 Å². The Hall–Kier alpha value is -0.590. The number of halogens is 3. The number of amides is 1. The Morgan fingerprint density at radius 2 is 1.95 bits per heavy atom. The molecule has 2 aromatic carbocycles. The molecule has 2 aromatic rings. The van der Waals surface area contributed by atoms with E-state index in [0.29, 0.717) is 10.6 Å². The van der Waals surface area contributed by atoms with Gasteiger partial charge < -0.3 is 5.32 Å². The molecule has 0 fully saturated rings. The number of nitrogens with one attached hydrogen (secondary N) is 1. The van der Waals surface area contributed by atoms with E-state index in [2.05, 4.69) is 50.8 Å². The summed E-state index contributed by atoms with van der Waals surface area (Å²) in [6.45, 7) is 2.05. The van der Waals surface area contributed by atoms with Crippen LogP contribution < -0.4 is 5.32 Å². The van der Waals surface area contributed by atoms with Gasteiger partial charge >= 0.3 is 0 Å². The SMILES string of the molecule is CCC(NC(=O)c1cc(Cl)ccc1I)c1ccc(Br)cc1. The highest BCUT2D eigenvalue weighted by molar-refractivity contribution is 14.1. The molecular formula is C16H14BrClINO. The Morgan fingerprint density at radius 1 is 1.29 bits per heavy atom. The molecule has 0 radical (unpaired) electrons. The third-order valence-corrected chi connectivity index (χ3v) is 4.86. The molecule has 1 amide bonds. The van der Waals surface area contributed by atoms with Crippen molar-refractivity contribution in [3.05, 3.63) is 66.7 Å². The van der Waals surface area contributed by atoms with Gasteiger partial charge in [0.1, 0.15) is 0 Å². The van der Waals surface area contributed by atoms with Crippen molar-refractivity contribution in [3.8, 4) is 0 Å². The second kappa shape index (κ2) is 7.61. The summed E-state index contributed by atoms with van der Waals surface area (Å²) in [5.74, 6) is -0.100. The third kappa shape index (κ3) is 4.44. The summed E-state index contributed by atoms with van der Waals surface area (Å²) >= 11 is 11.5. The fourth-order valence-corrected chi connectivity index (χ4v) is 3.04. The van der Waals surface area contributed by atoms with Gasteiger partial charge in [-0.05, 0) is 64.9 Å². The summed E-state index contributed by atoms with van der Waals surface area (Å²) in [6.07, 6.45) is 0.824. The van der Waals surface area contributed by atoms with Crippen LogP contribution in [0.2, 0.25) is 5.02 Å². The molecule has 0 aliphatic heterocycles. The van der Waals surface area contributed by atoms with E-state index in [9.17, 15) is 4.79 Å². The first-order valence-electron chi connectivity index (χ1n) is 6.52. The van der Waals surface area contributed by atoms with Crippen molar-refractivity contribution in [3.63, 3.8) is 0 Å². The second-order valence-electron chi connectivity index (χ2n) is 4.61. The predicted octanol–water partition coefficient (Wildman–Crippen LogP) is 5.59.